The van der Waals surface area contributed by atoms with Crippen LogP contribution in [0.1, 0.15) is 19.4 Å². The molecule has 0 spiro atoms. The topological polar surface area (TPSA) is 56.8 Å². The van der Waals surface area contributed by atoms with E-state index in [1.165, 1.54) is 6.92 Å². The minimum Gasteiger partial charge on any atom is -0.497 e. The molecule has 5 heteroatoms. The monoisotopic (exact) mass is 253 g/mol. The van der Waals surface area contributed by atoms with Crippen molar-refractivity contribution in [3.63, 3.8) is 0 Å². The average Bonchev–Trinajstić information content (AvgIpc) is 2.35. The summed E-state index contributed by atoms with van der Waals surface area (Å²) in [6.45, 7) is 3.70. The van der Waals surface area contributed by atoms with Crippen LogP contribution in [0.15, 0.2) is 18.2 Å². The second-order valence-electron chi connectivity index (χ2n) is 3.81. The summed E-state index contributed by atoms with van der Waals surface area (Å²) in [4.78, 5) is 10.8. The van der Waals surface area contributed by atoms with Crippen molar-refractivity contribution in [1.82, 2.24) is 5.32 Å². The Morgan fingerprint density at radius 1 is 1.33 bits per heavy atom. The molecule has 1 atom stereocenters. The molecule has 0 aliphatic heterocycles. The lowest BCUT2D eigenvalue weighted by molar-refractivity contribution is -0.146. The number of esters is 1. The van der Waals surface area contributed by atoms with Crippen molar-refractivity contribution in [1.29, 1.82) is 0 Å². The molecule has 100 valence electrons. The molecule has 0 radical (unpaired) electrons. The third kappa shape index (κ3) is 4.25. The Balaban J connectivity index is 2.64. The van der Waals surface area contributed by atoms with Crippen LogP contribution >= 0.6 is 0 Å². The molecule has 1 unspecified atom stereocenters. The number of benzene rings is 1. The summed E-state index contributed by atoms with van der Waals surface area (Å²) in [6.07, 6.45) is -0.339. The van der Waals surface area contributed by atoms with Gasteiger partial charge in [0.15, 0.2) is 6.23 Å². The molecule has 0 bridgehead atoms. The highest BCUT2D eigenvalue weighted by Crippen LogP contribution is 2.24. The molecule has 0 aromatic heterocycles. The fourth-order valence-electron chi connectivity index (χ4n) is 1.54. The van der Waals surface area contributed by atoms with E-state index >= 15 is 0 Å². The van der Waals surface area contributed by atoms with Crippen LogP contribution < -0.4 is 14.8 Å². The number of carbonyl (C=O) groups is 1. The van der Waals surface area contributed by atoms with Crippen molar-refractivity contribution < 1.29 is 19.0 Å². The van der Waals surface area contributed by atoms with Crippen LogP contribution in [-0.4, -0.2) is 26.4 Å². The van der Waals surface area contributed by atoms with Gasteiger partial charge in [0.05, 0.1) is 14.2 Å². The number of methoxy groups -OCH3 is 2. The van der Waals surface area contributed by atoms with Crippen molar-refractivity contribution in [2.45, 2.75) is 26.6 Å². The van der Waals surface area contributed by atoms with Gasteiger partial charge in [-0.2, -0.15) is 0 Å². The number of hydrogen-bond acceptors (Lipinski definition) is 5. The van der Waals surface area contributed by atoms with Crippen LogP contribution in [0.3, 0.4) is 0 Å². The highest BCUT2D eigenvalue weighted by atomic mass is 16.6. The molecule has 0 aliphatic rings. The molecule has 1 aromatic rings. The summed E-state index contributed by atoms with van der Waals surface area (Å²) in [5.41, 5.74) is 0.970. The Hall–Kier alpha value is -1.75. The van der Waals surface area contributed by atoms with Gasteiger partial charge in [0, 0.05) is 25.1 Å². The van der Waals surface area contributed by atoms with Gasteiger partial charge in [-0.1, -0.05) is 6.07 Å². The van der Waals surface area contributed by atoms with Crippen molar-refractivity contribution >= 4 is 5.97 Å². The fraction of sp³-hybridized carbons (Fsp3) is 0.462. The normalized spacial score (nSPS) is 11.8. The number of carbonyl (C=O) groups excluding carboxylic acids is 1. The van der Waals surface area contributed by atoms with Gasteiger partial charge in [0.2, 0.25) is 0 Å². The van der Waals surface area contributed by atoms with Crippen LogP contribution in [-0.2, 0) is 16.1 Å². The van der Waals surface area contributed by atoms with Gasteiger partial charge in [-0.05, 0) is 13.0 Å². The summed E-state index contributed by atoms with van der Waals surface area (Å²) in [7, 11) is 3.21. The molecule has 1 rings (SSSR count). The fourth-order valence-corrected chi connectivity index (χ4v) is 1.54. The quantitative estimate of drug-likeness (QED) is 0.617. The van der Waals surface area contributed by atoms with Gasteiger partial charge in [0.25, 0.3) is 0 Å². The predicted octanol–water partition coefficient (Wildman–Crippen LogP) is 1.70. The van der Waals surface area contributed by atoms with Gasteiger partial charge in [-0.25, -0.2) is 0 Å². The van der Waals surface area contributed by atoms with E-state index in [0.29, 0.717) is 6.54 Å². The number of nitrogens with one attached hydrogen (secondary N) is 1. The van der Waals surface area contributed by atoms with E-state index in [0.717, 1.165) is 17.1 Å². The molecule has 18 heavy (non-hydrogen) atoms. The number of ether oxygens (including phenoxy) is 3. The highest BCUT2D eigenvalue weighted by molar-refractivity contribution is 5.66. The van der Waals surface area contributed by atoms with E-state index in [9.17, 15) is 4.79 Å². The summed E-state index contributed by atoms with van der Waals surface area (Å²) >= 11 is 0. The molecule has 1 aromatic carbocycles. The standard InChI is InChI=1S/C13H19NO4/c1-9(18-10(2)15)14-8-11-5-6-12(16-3)7-13(11)17-4/h5-7,9,14H,8H2,1-4H3. The molecule has 0 aliphatic carbocycles. The molecular weight excluding hydrogens is 234 g/mol. The molecular formula is C13H19NO4. The second kappa shape index (κ2) is 6.86. The summed E-state index contributed by atoms with van der Waals surface area (Å²) in [6, 6.07) is 5.58. The van der Waals surface area contributed by atoms with E-state index in [2.05, 4.69) is 5.32 Å². The maximum absolute atomic E-state index is 10.8. The lowest BCUT2D eigenvalue weighted by Crippen LogP contribution is -2.29. The molecule has 0 amide bonds. The minimum absolute atomic E-state index is 0.309. The first-order chi connectivity index (χ1) is 8.56. The van der Waals surface area contributed by atoms with Crippen LogP contribution in [0.2, 0.25) is 0 Å². The molecule has 0 saturated heterocycles. The third-order valence-corrected chi connectivity index (χ3v) is 2.42. The molecule has 1 N–H and O–H groups in total. The molecule has 5 nitrogen and oxygen atoms in total. The first kappa shape index (κ1) is 14.3. The van der Waals surface area contributed by atoms with Crippen LogP contribution in [0.25, 0.3) is 0 Å². The van der Waals surface area contributed by atoms with Crippen molar-refractivity contribution in [2.24, 2.45) is 0 Å². The molecule has 0 saturated carbocycles. The summed E-state index contributed by atoms with van der Waals surface area (Å²) < 4.78 is 15.4. The van der Waals surface area contributed by atoms with E-state index < -0.39 is 0 Å². The number of rotatable bonds is 6. The Kier molecular flexibility index (Phi) is 5.45. The Bertz CT molecular complexity index is 406. The maximum atomic E-state index is 10.8. The minimum atomic E-state index is -0.339. The average molecular weight is 253 g/mol. The van der Waals surface area contributed by atoms with Gasteiger partial charge < -0.3 is 14.2 Å². The van der Waals surface area contributed by atoms with E-state index in [1.54, 1.807) is 21.1 Å². The van der Waals surface area contributed by atoms with Crippen LogP contribution in [0, 0.1) is 0 Å². The van der Waals surface area contributed by atoms with Crippen LogP contribution in [0.4, 0.5) is 0 Å². The Morgan fingerprint density at radius 3 is 2.61 bits per heavy atom. The zero-order valence-corrected chi connectivity index (χ0v) is 11.1. The summed E-state index contributed by atoms with van der Waals surface area (Å²) in [5, 5.41) is 3.08. The van der Waals surface area contributed by atoms with Gasteiger partial charge in [-0.15, -0.1) is 0 Å². The van der Waals surface area contributed by atoms with E-state index in [-0.39, 0.29) is 12.2 Å². The van der Waals surface area contributed by atoms with Crippen LogP contribution in [0.5, 0.6) is 11.5 Å². The van der Waals surface area contributed by atoms with E-state index in [4.69, 9.17) is 14.2 Å². The predicted molar refractivity (Wildman–Crippen MR) is 67.6 cm³/mol. The molecule has 0 fully saturated rings. The third-order valence-electron chi connectivity index (χ3n) is 2.42. The Labute approximate surface area is 107 Å². The van der Waals surface area contributed by atoms with Gasteiger partial charge in [0.1, 0.15) is 11.5 Å². The zero-order valence-electron chi connectivity index (χ0n) is 11.1. The molecule has 0 heterocycles. The first-order valence-corrected chi connectivity index (χ1v) is 5.68. The maximum Gasteiger partial charge on any atom is 0.304 e. The SMILES string of the molecule is COc1ccc(CNC(C)OC(C)=O)c(OC)c1. The second-order valence-corrected chi connectivity index (χ2v) is 3.81. The van der Waals surface area contributed by atoms with Crippen molar-refractivity contribution in [3.05, 3.63) is 23.8 Å². The largest absolute Gasteiger partial charge is 0.497 e. The van der Waals surface area contributed by atoms with Gasteiger partial charge >= 0.3 is 5.97 Å². The smallest absolute Gasteiger partial charge is 0.304 e. The zero-order chi connectivity index (χ0) is 13.5. The lowest BCUT2D eigenvalue weighted by atomic mass is 10.2. The first-order valence-electron chi connectivity index (χ1n) is 5.68. The Morgan fingerprint density at radius 2 is 2.06 bits per heavy atom. The summed E-state index contributed by atoms with van der Waals surface area (Å²) in [5.74, 6) is 1.16. The van der Waals surface area contributed by atoms with Crippen molar-refractivity contribution in [3.8, 4) is 11.5 Å². The van der Waals surface area contributed by atoms with E-state index in [1.807, 2.05) is 18.2 Å². The highest BCUT2D eigenvalue weighted by Gasteiger charge is 2.08. The lowest BCUT2D eigenvalue weighted by Gasteiger charge is -2.15. The number of hydrogen-bond donors (Lipinski definition) is 1. The van der Waals surface area contributed by atoms with Crippen molar-refractivity contribution in [2.75, 3.05) is 14.2 Å². The van der Waals surface area contributed by atoms with Gasteiger partial charge in [-0.3, -0.25) is 10.1 Å².